The van der Waals surface area contributed by atoms with Gasteiger partial charge in [0.2, 0.25) is 18.0 Å². The molecule has 4 nitrogen and oxygen atoms in total. The van der Waals surface area contributed by atoms with Crippen LogP contribution in [0.25, 0.3) is 11.0 Å². The molecule has 0 unspecified atom stereocenters. The first-order chi connectivity index (χ1) is 10.1. The van der Waals surface area contributed by atoms with Gasteiger partial charge in [-0.05, 0) is 6.92 Å². The average molecular weight is 360 g/mol. The molecule has 5 heteroatoms. The molecule has 0 saturated carbocycles. The van der Waals surface area contributed by atoms with E-state index in [0.29, 0.717) is 6.54 Å². The van der Waals surface area contributed by atoms with E-state index >= 15 is 0 Å². The summed E-state index contributed by atoms with van der Waals surface area (Å²) in [6, 6.07) is 11.4. The predicted molar refractivity (Wildman–Crippen MR) is 81.2 cm³/mol. The molecule has 1 aromatic carbocycles. The molecule has 0 spiro atoms. The monoisotopic (exact) mass is 359 g/mol. The van der Waals surface area contributed by atoms with Gasteiger partial charge in [-0.1, -0.05) is 30.3 Å². The molecule has 0 bridgehead atoms. The van der Waals surface area contributed by atoms with Gasteiger partial charge in [0, 0.05) is 25.6 Å². The fraction of sp³-hybridized carbons (Fsp3) is 0.235. The lowest BCUT2D eigenvalue weighted by Crippen LogP contribution is -3.00. The zero-order valence-electron chi connectivity index (χ0n) is 12.9. The number of nitrogens with zero attached hydrogens (tertiary/aromatic N) is 3. The third-order valence-electron chi connectivity index (χ3n) is 3.96. The molecule has 114 valence electrons. The highest BCUT2D eigenvalue weighted by atomic mass is 79.9. The largest absolute Gasteiger partial charge is 1.00 e. The van der Waals surface area contributed by atoms with Gasteiger partial charge >= 0.3 is 0 Å². The van der Waals surface area contributed by atoms with Crippen LogP contribution >= 0.6 is 0 Å². The van der Waals surface area contributed by atoms with Crippen LogP contribution in [0.1, 0.15) is 21.9 Å². The SMILES string of the molecule is Cc1nc2c(C)[n+](CC(=O)c3ccccc3)ccc2n1C.[Br-]. The van der Waals surface area contributed by atoms with Crippen molar-refractivity contribution in [1.82, 2.24) is 9.55 Å². The van der Waals surface area contributed by atoms with Crippen molar-refractivity contribution >= 4 is 16.8 Å². The number of hydrogen-bond donors (Lipinski definition) is 0. The minimum Gasteiger partial charge on any atom is -1.00 e. The van der Waals surface area contributed by atoms with Crippen molar-refractivity contribution in [2.45, 2.75) is 20.4 Å². The van der Waals surface area contributed by atoms with Crippen LogP contribution in [0, 0.1) is 13.8 Å². The second-order valence-electron chi connectivity index (χ2n) is 5.27. The lowest BCUT2D eigenvalue weighted by molar-refractivity contribution is -0.687. The van der Waals surface area contributed by atoms with Crippen molar-refractivity contribution in [1.29, 1.82) is 0 Å². The molecule has 3 rings (SSSR count). The number of benzene rings is 1. The number of fused-ring (bicyclic) bond motifs is 1. The number of Topliss-reactive ketones (excluding diaryl/α,β-unsaturated/α-hetero) is 1. The van der Waals surface area contributed by atoms with E-state index in [1.165, 1.54) is 0 Å². The van der Waals surface area contributed by atoms with Gasteiger partial charge in [-0.3, -0.25) is 4.79 Å². The van der Waals surface area contributed by atoms with E-state index in [-0.39, 0.29) is 22.8 Å². The van der Waals surface area contributed by atoms with Crippen LogP contribution < -0.4 is 21.5 Å². The highest BCUT2D eigenvalue weighted by molar-refractivity contribution is 5.95. The summed E-state index contributed by atoms with van der Waals surface area (Å²) >= 11 is 0. The molecule has 0 N–H and O–H groups in total. The lowest BCUT2D eigenvalue weighted by Gasteiger charge is -2.02. The molecule has 0 atom stereocenters. The maximum absolute atomic E-state index is 12.3. The normalized spacial score (nSPS) is 10.5. The third kappa shape index (κ3) is 2.81. The van der Waals surface area contributed by atoms with Gasteiger partial charge in [0.05, 0.1) is 5.52 Å². The van der Waals surface area contributed by atoms with Gasteiger partial charge in [-0.25, -0.2) is 4.98 Å². The molecule has 0 amide bonds. The first kappa shape index (κ1) is 16.4. The van der Waals surface area contributed by atoms with Crippen LogP contribution in [0.15, 0.2) is 42.6 Å². The Balaban J connectivity index is 0.00000176. The summed E-state index contributed by atoms with van der Waals surface area (Å²) in [6.45, 7) is 4.33. The van der Waals surface area contributed by atoms with E-state index in [2.05, 4.69) is 9.55 Å². The van der Waals surface area contributed by atoms with Crippen molar-refractivity contribution in [3.63, 3.8) is 0 Å². The Morgan fingerprint density at radius 3 is 2.55 bits per heavy atom. The molecule has 0 fully saturated rings. The van der Waals surface area contributed by atoms with E-state index in [0.717, 1.165) is 28.1 Å². The Morgan fingerprint density at radius 2 is 1.86 bits per heavy atom. The number of ketones is 1. The first-order valence-corrected chi connectivity index (χ1v) is 6.98. The number of aromatic nitrogens is 3. The predicted octanol–water partition coefficient (Wildman–Crippen LogP) is -0.635. The maximum atomic E-state index is 12.3. The quantitative estimate of drug-likeness (QED) is 0.461. The average Bonchev–Trinajstić information content (AvgIpc) is 2.79. The Bertz CT molecular complexity index is 825. The third-order valence-corrected chi connectivity index (χ3v) is 3.96. The number of rotatable bonds is 3. The van der Waals surface area contributed by atoms with Gasteiger partial charge in [0.25, 0.3) is 0 Å². The second-order valence-corrected chi connectivity index (χ2v) is 5.27. The molecule has 22 heavy (non-hydrogen) atoms. The second kappa shape index (κ2) is 6.40. The van der Waals surface area contributed by atoms with E-state index in [1.54, 1.807) is 0 Å². The Hall–Kier alpha value is -2.01. The summed E-state index contributed by atoms with van der Waals surface area (Å²) in [5.41, 5.74) is 3.80. The zero-order valence-corrected chi connectivity index (χ0v) is 14.5. The number of aryl methyl sites for hydroxylation is 3. The minimum absolute atomic E-state index is 0. The summed E-state index contributed by atoms with van der Waals surface area (Å²) in [7, 11) is 2.00. The maximum Gasteiger partial charge on any atom is 0.227 e. The van der Waals surface area contributed by atoms with E-state index in [4.69, 9.17) is 0 Å². The number of carbonyl (C=O) groups excluding carboxylic acids is 1. The van der Waals surface area contributed by atoms with Crippen molar-refractivity contribution in [2.24, 2.45) is 7.05 Å². The van der Waals surface area contributed by atoms with Crippen molar-refractivity contribution in [3.05, 3.63) is 59.7 Å². The molecule has 0 aliphatic carbocycles. The summed E-state index contributed by atoms with van der Waals surface area (Å²) < 4.78 is 4.02. The fourth-order valence-electron chi connectivity index (χ4n) is 2.53. The lowest BCUT2D eigenvalue weighted by atomic mass is 10.1. The first-order valence-electron chi connectivity index (χ1n) is 6.98. The van der Waals surface area contributed by atoms with Crippen LogP contribution in [0.4, 0.5) is 0 Å². The van der Waals surface area contributed by atoms with Gasteiger partial charge in [0.15, 0.2) is 11.7 Å². The van der Waals surface area contributed by atoms with E-state index < -0.39 is 0 Å². The van der Waals surface area contributed by atoms with Crippen LogP contribution in [0.2, 0.25) is 0 Å². The van der Waals surface area contributed by atoms with Gasteiger partial charge in [-0.2, -0.15) is 4.57 Å². The van der Waals surface area contributed by atoms with Gasteiger partial charge in [-0.15, -0.1) is 0 Å². The summed E-state index contributed by atoms with van der Waals surface area (Å²) in [4.78, 5) is 16.9. The van der Waals surface area contributed by atoms with Crippen LogP contribution in [-0.4, -0.2) is 15.3 Å². The Morgan fingerprint density at radius 1 is 1.18 bits per heavy atom. The fourth-order valence-corrected chi connectivity index (χ4v) is 2.53. The van der Waals surface area contributed by atoms with Crippen molar-refractivity contribution < 1.29 is 26.3 Å². The molecule has 2 heterocycles. The smallest absolute Gasteiger partial charge is 0.227 e. The van der Waals surface area contributed by atoms with Crippen LogP contribution in [-0.2, 0) is 13.6 Å². The summed E-state index contributed by atoms with van der Waals surface area (Å²) in [5, 5.41) is 0. The number of carbonyl (C=O) groups is 1. The topological polar surface area (TPSA) is 38.8 Å². The minimum atomic E-state index is 0. The van der Waals surface area contributed by atoms with Crippen molar-refractivity contribution in [3.8, 4) is 0 Å². The van der Waals surface area contributed by atoms with Crippen LogP contribution in [0.3, 0.4) is 0 Å². The van der Waals surface area contributed by atoms with E-state index in [9.17, 15) is 4.79 Å². The molecule has 0 aliphatic heterocycles. The van der Waals surface area contributed by atoms with Crippen molar-refractivity contribution in [2.75, 3.05) is 0 Å². The van der Waals surface area contributed by atoms with Gasteiger partial charge < -0.3 is 21.5 Å². The number of halogens is 1. The molecule has 0 radical (unpaired) electrons. The summed E-state index contributed by atoms with van der Waals surface area (Å²) in [6.07, 6.45) is 1.96. The highest BCUT2D eigenvalue weighted by Gasteiger charge is 2.19. The molecule has 2 aromatic heterocycles. The Kier molecular flexibility index (Phi) is 4.76. The Labute approximate surface area is 140 Å². The number of pyridine rings is 1. The standard InChI is InChI=1S/C17H18N3O.BrH/c1-12-17-15(19(3)13(2)18-17)9-10-20(12)11-16(21)14-7-5-4-6-8-14;/h4-10H,11H2,1-3H3;1H/q+1;/p-1. The molecular formula is C17H18BrN3O. The summed E-state index contributed by atoms with van der Waals surface area (Å²) in [5.74, 6) is 1.08. The molecule has 0 aliphatic rings. The number of hydrogen-bond acceptors (Lipinski definition) is 2. The highest BCUT2D eigenvalue weighted by Crippen LogP contribution is 2.15. The molecular weight excluding hydrogens is 342 g/mol. The van der Waals surface area contributed by atoms with Gasteiger partial charge in [0.1, 0.15) is 5.82 Å². The molecule has 3 aromatic rings. The number of imidazole rings is 1. The zero-order chi connectivity index (χ0) is 15.0. The van der Waals surface area contributed by atoms with Crippen LogP contribution in [0.5, 0.6) is 0 Å². The van der Waals surface area contributed by atoms with E-state index in [1.807, 2.05) is 68.1 Å². The molecule has 0 saturated heterocycles.